The van der Waals surface area contributed by atoms with E-state index in [9.17, 15) is 9.59 Å². The molecule has 0 saturated carbocycles. The maximum Gasteiger partial charge on any atom is 0.410 e. The third-order valence-corrected chi connectivity index (χ3v) is 4.81. The summed E-state index contributed by atoms with van der Waals surface area (Å²) in [6.45, 7) is 0.614. The molecule has 1 aromatic carbocycles. The molecule has 1 N–H and O–H groups in total. The van der Waals surface area contributed by atoms with Crippen molar-refractivity contribution in [3.8, 4) is 0 Å². The Morgan fingerprint density at radius 3 is 2.86 bits per heavy atom. The highest BCUT2D eigenvalue weighted by Gasteiger charge is 2.38. The van der Waals surface area contributed by atoms with Crippen molar-refractivity contribution in [3.05, 3.63) is 63.9 Å². The van der Waals surface area contributed by atoms with Gasteiger partial charge in [-0.05, 0) is 23.6 Å². The molecule has 0 unspecified atom stereocenters. The largest absolute Gasteiger partial charge is 0.445 e. The van der Waals surface area contributed by atoms with Crippen LogP contribution in [0, 0.1) is 0 Å². The number of aromatic amines is 1. The van der Waals surface area contributed by atoms with Crippen molar-refractivity contribution in [2.75, 3.05) is 6.54 Å². The number of carbonyl (C=O) groups is 1. The van der Waals surface area contributed by atoms with E-state index in [0.717, 1.165) is 5.56 Å². The van der Waals surface area contributed by atoms with E-state index in [1.165, 1.54) is 10.9 Å². The molecule has 146 valence electrons. The zero-order valence-corrected chi connectivity index (χ0v) is 15.3. The molecule has 0 radical (unpaired) electrons. The minimum absolute atomic E-state index is 0.0362. The second kappa shape index (κ2) is 7.67. The molecule has 2 atom stereocenters. The lowest BCUT2D eigenvalue weighted by molar-refractivity contribution is 0.0594. The second-order valence-corrected chi connectivity index (χ2v) is 6.72. The van der Waals surface area contributed by atoms with Gasteiger partial charge in [-0.25, -0.2) is 4.79 Å². The number of rotatable bonds is 4. The average Bonchev–Trinajstić information content (AvgIpc) is 3.35. The lowest BCUT2D eigenvalue weighted by Gasteiger charge is -2.36. The highest BCUT2D eigenvalue weighted by atomic mass is 16.6. The number of hydrogen-bond acceptors (Lipinski definition) is 7. The van der Waals surface area contributed by atoms with Crippen LogP contribution in [0.15, 0.2) is 45.7 Å². The molecule has 1 aliphatic rings. The van der Waals surface area contributed by atoms with Crippen molar-refractivity contribution >= 4 is 6.09 Å². The third kappa shape index (κ3) is 3.80. The van der Waals surface area contributed by atoms with E-state index in [2.05, 4.69) is 20.6 Å². The third-order valence-electron chi connectivity index (χ3n) is 4.81. The number of amides is 1. The number of hydrogen-bond donors (Lipinski definition) is 1. The molecule has 1 saturated heterocycles. The van der Waals surface area contributed by atoms with Crippen molar-refractivity contribution in [2.24, 2.45) is 7.05 Å². The van der Waals surface area contributed by atoms with Crippen molar-refractivity contribution < 1.29 is 14.1 Å². The van der Waals surface area contributed by atoms with E-state index < -0.39 is 12.1 Å². The summed E-state index contributed by atoms with van der Waals surface area (Å²) >= 11 is 0. The van der Waals surface area contributed by atoms with Gasteiger partial charge in [-0.2, -0.15) is 9.95 Å². The molecule has 0 bridgehead atoms. The molecule has 1 amide bonds. The van der Waals surface area contributed by atoms with E-state index in [1.54, 1.807) is 11.9 Å². The highest BCUT2D eigenvalue weighted by molar-refractivity contribution is 5.68. The number of aryl methyl sites for hydroxylation is 1. The summed E-state index contributed by atoms with van der Waals surface area (Å²) in [5, 5.41) is 14.5. The molecule has 10 heteroatoms. The van der Waals surface area contributed by atoms with Gasteiger partial charge in [-0.15, -0.1) is 10.2 Å². The van der Waals surface area contributed by atoms with Gasteiger partial charge in [-0.1, -0.05) is 30.3 Å². The Bertz CT molecular complexity index is 995. The number of nitrogens with zero attached hydrogens (tertiary/aromatic N) is 5. The van der Waals surface area contributed by atoms with Crippen molar-refractivity contribution in [2.45, 2.75) is 31.4 Å². The molecule has 1 fully saturated rings. The summed E-state index contributed by atoms with van der Waals surface area (Å²) < 4.78 is 10.8. The van der Waals surface area contributed by atoms with Crippen LogP contribution in [0.4, 0.5) is 4.79 Å². The fourth-order valence-electron chi connectivity index (χ4n) is 3.42. The normalized spacial score (nSPS) is 19.5. The number of tetrazole rings is 1. The number of piperidine rings is 1. The predicted molar refractivity (Wildman–Crippen MR) is 96.2 cm³/mol. The van der Waals surface area contributed by atoms with Crippen LogP contribution >= 0.6 is 0 Å². The van der Waals surface area contributed by atoms with Gasteiger partial charge in [0, 0.05) is 18.5 Å². The lowest BCUT2D eigenvalue weighted by atomic mass is 9.89. The fraction of sp³-hybridized carbons (Fsp3) is 0.389. The SMILES string of the molecule is Cn1nnc([C@H]2C[C@H](c3cc(=O)[nH]o3)CCN2C(=O)OCc2ccccc2)n1. The van der Waals surface area contributed by atoms with Gasteiger partial charge >= 0.3 is 6.09 Å². The van der Waals surface area contributed by atoms with Gasteiger partial charge in [0.1, 0.15) is 12.4 Å². The van der Waals surface area contributed by atoms with E-state index >= 15 is 0 Å². The Kier molecular flexibility index (Phi) is 4.92. The van der Waals surface area contributed by atoms with Crippen molar-refractivity contribution in [1.29, 1.82) is 0 Å². The van der Waals surface area contributed by atoms with Gasteiger partial charge in [0.05, 0.1) is 13.1 Å². The van der Waals surface area contributed by atoms with Crippen LogP contribution in [0.2, 0.25) is 0 Å². The minimum atomic E-state index is -0.435. The zero-order valence-electron chi connectivity index (χ0n) is 15.3. The van der Waals surface area contributed by atoms with Crippen LogP contribution in [-0.4, -0.2) is 42.9 Å². The van der Waals surface area contributed by atoms with E-state index in [0.29, 0.717) is 31.0 Å². The van der Waals surface area contributed by atoms with Crippen LogP contribution in [0.3, 0.4) is 0 Å². The average molecular weight is 384 g/mol. The quantitative estimate of drug-likeness (QED) is 0.728. The molecule has 3 heterocycles. The monoisotopic (exact) mass is 384 g/mol. The summed E-state index contributed by atoms with van der Waals surface area (Å²) in [6.07, 6.45) is 0.709. The van der Waals surface area contributed by atoms with Crippen LogP contribution in [0.25, 0.3) is 0 Å². The molecule has 0 spiro atoms. The standard InChI is InChI=1S/C18H20N6O4/c1-23-20-17(19-22-23)14-9-13(15-10-16(25)21-28-15)7-8-24(14)18(26)27-11-12-5-3-2-4-6-12/h2-6,10,13-14H,7-9,11H2,1H3,(H,21,25)/t13-,14-/m1/s1. The Morgan fingerprint density at radius 2 is 2.18 bits per heavy atom. The van der Waals surface area contributed by atoms with Gasteiger partial charge in [0.2, 0.25) is 0 Å². The lowest BCUT2D eigenvalue weighted by Crippen LogP contribution is -2.41. The molecule has 28 heavy (non-hydrogen) atoms. The second-order valence-electron chi connectivity index (χ2n) is 6.72. The summed E-state index contributed by atoms with van der Waals surface area (Å²) in [5.74, 6) is 0.962. The Hall–Kier alpha value is -3.43. The topological polar surface area (TPSA) is 119 Å². The summed E-state index contributed by atoms with van der Waals surface area (Å²) in [5.41, 5.74) is 0.628. The summed E-state index contributed by atoms with van der Waals surface area (Å²) in [7, 11) is 1.67. The maximum atomic E-state index is 12.8. The number of aromatic nitrogens is 5. The van der Waals surface area contributed by atoms with Gasteiger partial charge in [0.15, 0.2) is 5.82 Å². The number of nitrogens with one attached hydrogen (secondary N) is 1. The van der Waals surface area contributed by atoms with Crippen LogP contribution < -0.4 is 5.56 Å². The number of likely N-dealkylation sites (tertiary alicyclic amines) is 1. The molecular weight excluding hydrogens is 364 g/mol. The van der Waals surface area contributed by atoms with E-state index in [1.807, 2.05) is 30.3 Å². The van der Waals surface area contributed by atoms with E-state index in [-0.39, 0.29) is 18.1 Å². The maximum absolute atomic E-state index is 12.8. The molecule has 2 aromatic heterocycles. The van der Waals surface area contributed by atoms with Crippen molar-refractivity contribution in [1.82, 2.24) is 30.3 Å². The number of ether oxygens (including phenoxy) is 1. The molecule has 4 rings (SSSR count). The molecule has 0 aliphatic carbocycles. The Morgan fingerprint density at radius 1 is 1.36 bits per heavy atom. The Balaban J connectivity index is 1.51. The van der Waals surface area contributed by atoms with Crippen molar-refractivity contribution in [3.63, 3.8) is 0 Å². The fourth-order valence-corrected chi connectivity index (χ4v) is 3.42. The predicted octanol–water partition coefficient (Wildman–Crippen LogP) is 1.75. The van der Waals surface area contributed by atoms with Crippen LogP contribution in [-0.2, 0) is 18.4 Å². The summed E-state index contributed by atoms with van der Waals surface area (Å²) in [4.78, 5) is 27.1. The Labute approximate surface area is 160 Å². The van der Waals surface area contributed by atoms with Gasteiger partial charge in [-0.3, -0.25) is 9.69 Å². The first-order chi connectivity index (χ1) is 13.6. The molecule has 10 nitrogen and oxygen atoms in total. The molecule has 1 aliphatic heterocycles. The molecular formula is C18H20N6O4. The summed E-state index contributed by atoms with van der Waals surface area (Å²) in [6, 6.07) is 10.5. The van der Waals surface area contributed by atoms with Gasteiger partial charge in [0.25, 0.3) is 5.56 Å². The van der Waals surface area contributed by atoms with Crippen LogP contribution in [0.5, 0.6) is 0 Å². The number of H-pyrrole nitrogens is 1. The number of carbonyl (C=O) groups excluding carboxylic acids is 1. The first-order valence-electron chi connectivity index (χ1n) is 9.00. The van der Waals surface area contributed by atoms with Gasteiger partial charge < -0.3 is 9.26 Å². The number of benzene rings is 1. The highest BCUT2D eigenvalue weighted by Crippen LogP contribution is 2.38. The zero-order chi connectivity index (χ0) is 19.5. The minimum Gasteiger partial charge on any atom is -0.445 e. The molecule has 3 aromatic rings. The first kappa shape index (κ1) is 18.0. The first-order valence-corrected chi connectivity index (χ1v) is 9.00. The van der Waals surface area contributed by atoms with E-state index in [4.69, 9.17) is 9.26 Å². The smallest absolute Gasteiger partial charge is 0.410 e. The van der Waals surface area contributed by atoms with Crippen LogP contribution in [0.1, 0.15) is 41.9 Å².